The average molecular weight is 398 g/mol. The second-order valence-electron chi connectivity index (χ2n) is 5.76. The SMILES string of the molecule is ClCCOc1c(Cl)cc2c(c1Cl)CCCN2c1ccc2[nH]ncc2n1. The van der Waals surface area contributed by atoms with E-state index in [2.05, 4.69) is 20.1 Å². The van der Waals surface area contributed by atoms with Gasteiger partial charge in [-0.25, -0.2) is 4.98 Å². The number of nitrogens with zero attached hydrogens (tertiary/aromatic N) is 3. The highest BCUT2D eigenvalue weighted by atomic mass is 35.5. The first kappa shape index (κ1) is 16.8. The van der Waals surface area contributed by atoms with Gasteiger partial charge in [0.2, 0.25) is 0 Å². The van der Waals surface area contributed by atoms with Gasteiger partial charge in [-0.3, -0.25) is 5.10 Å². The summed E-state index contributed by atoms with van der Waals surface area (Å²) in [4.78, 5) is 6.82. The highest BCUT2D eigenvalue weighted by molar-refractivity contribution is 6.38. The monoisotopic (exact) mass is 396 g/mol. The number of halogens is 3. The van der Waals surface area contributed by atoms with Crippen LogP contribution in [0, 0.1) is 0 Å². The molecule has 1 aliphatic heterocycles. The van der Waals surface area contributed by atoms with Crippen LogP contribution in [0.1, 0.15) is 12.0 Å². The molecule has 1 aromatic carbocycles. The number of H-pyrrole nitrogens is 1. The van der Waals surface area contributed by atoms with Gasteiger partial charge in [-0.2, -0.15) is 5.10 Å². The van der Waals surface area contributed by atoms with Gasteiger partial charge in [-0.15, -0.1) is 11.6 Å². The Kier molecular flexibility index (Phi) is 4.63. The summed E-state index contributed by atoms with van der Waals surface area (Å²) in [5.41, 5.74) is 3.72. The van der Waals surface area contributed by atoms with E-state index in [1.165, 1.54) is 0 Å². The summed E-state index contributed by atoms with van der Waals surface area (Å²) >= 11 is 18.7. The molecule has 0 saturated carbocycles. The largest absolute Gasteiger partial charge is 0.489 e. The topological polar surface area (TPSA) is 54.0 Å². The number of alkyl halides is 1. The third kappa shape index (κ3) is 3.01. The molecule has 25 heavy (non-hydrogen) atoms. The van der Waals surface area contributed by atoms with E-state index >= 15 is 0 Å². The first-order valence-corrected chi connectivity index (χ1v) is 9.25. The lowest BCUT2D eigenvalue weighted by Gasteiger charge is -2.32. The molecule has 3 heterocycles. The number of nitrogens with one attached hydrogen (secondary N) is 1. The number of ether oxygens (including phenoxy) is 1. The first-order chi connectivity index (χ1) is 12.2. The number of aromatic amines is 1. The van der Waals surface area contributed by atoms with Gasteiger partial charge in [0.25, 0.3) is 0 Å². The van der Waals surface area contributed by atoms with Crippen LogP contribution in [-0.2, 0) is 6.42 Å². The predicted octanol–water partition coefficient (Wildman–Crippen LogP) is 4.97. The Balaban J connectivity index is 1.79. The Morgan fingerprint density at radius 2 is 2.16 bits per heavy atom. The summed E-state index contributed by atoms with van der Waals surface area (Å²) in [5.74, 6) is 1.73. The van der Waals surface area contributed by atoms with Crippen LogP contribution < -0.4 is 9.64 Å². The van der Waals surface area contributed by atoms with Crippen molar-refractivity contribution in [3.8, 4) is 5.75 Å². The minimum Gasteiger partial charge on any atom is -0.489 e. The fourth-order valence-electron chi connectivity index (χ4n) is 3.12. The van der Waals surface area contributed by atoms with Crippen molar-refractivity contribution in [3.05, 3.63) is 40.0 Å². The Labute approximate surface area is 159 Å². The molecule has 0 aliphatic carbocycles. The Morgan fingerprint density at radius 3 is 3.00 bits per heavy atom. The minimum atomic E-state index is 0.363. The molecule has 1 aliphatic rings. The molecule has 0 bridgehead atoms. The normalized spacial score (nSPS) is 14.0. The summed E-state index contributed by atoms with van der Waals surface area (Å²) in [6, 6.07) is 5.84. The lowest BCUT2D eigenvalue weighted by atomic mass is 10.0. The van der Waals surface area contributed by atoms with E-state index in [1.54, 1.807) is 6.20 Å². The molecule has 0 saturated heterocycles. The number of rotatable bonds is 4. The van der Waals surface area contributed by atoms with Crippen molar-refractivity contribution in [1.29, 1.82) is 0 Å². The maximum Gasteiger partial charge on any atom is 0.156 e. The zero-order chi connectivity index (χ0) is 17.4. The molecule has 0 radical (unpaired) electrons. The molecule has 0 amide bonds. The van der Waals surface area contributed by atoms with Gasteiger partial charge in [-0.05, 0) is 36.6 Å². The van der Waals surface area contributed by atoms with Crippen molar-refractivity contribution >= 4 is 57.3 Å². The molecule has 130 valence electrons. The van der Waals surface area contributed by atoms with Crippen LogP contribution in [-0.4, -0.2) is 34.2 Å². The van der Waals surface area contributed by atoms with Gasteiger partial charge in [0, 0.05) is 12.2 Å². The first-order valence-electron chi connectivity index (χ1n) is 7.96. The summed E-state index contributed by atoms with van der Waals surface area (Å²) in [6.45, 7) is 1.21. The van der Waals surface area contributed by atoms with E-state index in [1.807, 2.05) is 18.2 Å². The molecule has 0 unspecified atom stereocenters. The average Bonchev–Trinajstić information content (AvgIpc) is 3.09. The van der Waals surface area contributed by atoms with Crippen molar-refractivity contribution < 1.29 is 4.74 Å². The number of fused-ring (bicyclic) bond motifs is 2. The smallest absolute Gasteiger partial charge is 0.156 e. The Morgan fingerprint density at radius 1 is 1.28 bits per heavy atom. The second kappa shape index (κ2) is 6.90. The van der Waals surface area contributed by atoms with Crippen molar-refractivity contribution in [3.63, 3.8) is 0 Å². The highest BCUT2D eigenvalue weighted by Gasteiger charge is 2.25. The maximum absolute atomic E-state index is 6.58. The van der Waals surface area contributed by atoms with E-state index in [0.29, 0.717) is 28.3 Å². The lowest BCUT2D eigenvalue weighted by Crippen LogP contribution is -2.25. The molecule has 4 rings (SSSR count). The van der Waals surface area contributed by atoms with Gasteiger partial charge in [-0.1, -0.05) is 23.2 Å². The van der Waals surface area contributed by atoms with E-state index in [4.69, 9.17) is 39.5 Å². The van der Waals surface area contributed by atoms with Crippen LogP contribution in [0.4, 0.5) is 11.5 Å². The summed E-state index contributed by atoms with van der Waals surface area (Å²) in [6.07, 6.45) is 3.55. The molecule has 8 heteroatoms. The summed E-state index contributed by atoms with van der Waals surface area (Å²) in [5, 5.41) is 7.97. The number of anilines is 2. The minimum absolute atomic E-state index is 0.363. The van der Waals surface area contributed by atoms with Crippen molar-refractivity contribution in [2.75, 3.05) is 23.9 Å². The molecule has 0 fully saturated rings. The van der Waals surface area contributed by atoms with Crippen LogP contribution in [0.25, 0.3) is 11.0 Å². The van der Waals surface area contributed by atoms with E-state index in [9.17, 15) is 0 Å². The fraction of sp³-hybridized carbons (Fsp3) is 0.294. The van der Waals surface area contributed by atoms with Crippen LogP contribution in [0.3, 0.4) is 0 Å². The zero-order valence-corrected chi connectivity index (χ0v) is 15.5. The van der Waals surface area contributed by atoms with E-state index < -0.39 is 0 Å². The predicted molar refractivity (Wildman–Crippen MR) is 102 cm³/mol. The van der Waals surface area contributed by atoms with Gasteiger partial charge >= 0.3 is 0 Å². The highest BCUT2D eigenvalue weighted by Crippen LogP contribution is 2.45. The van der Waals surface area contributed by atoms with Crippen LogP contribution in [0.5, 0.6) is 5.75 Å². The van der Waals surface area contributed by atoms with Crippen molar-refractivity contribution in [1.82, 2.24) is 15.2 Å². The Hall–Kier alpha value is -1.69. The molecule has 5 nitrogen and oxygen atoms in total. The van der Waals surface area contributed by atoms with Gasteiger partial charge in [0.15, 0.2) is 5.75 Å². The lowest BCUT2D eigenvalue weighted by molar-refractivity contribution is 0.343. The number of aromatic nitrogens is 3. The molecule has 2 aromatic heterocycles. The summed E-state index contributed by atoms with van der Waals surface area (Å²) in [7, 11) is 0. The van der Waals surface area contributed by atoms with Gasteiger partial charge in [0.05, 0.1) is 27.6 Å². The van der Waals surface area contributed by atoms with Crippen LogP contribution >= 0.6 is 34.8 Å². The number of pyridine rings is 1. The Bertz CT molecular complexity index is 928. The van der Waals surface area contributed by atoms with E-state index in [-0.39, 0.29) is 0 Å². The second-order valence-corrected chi connectivity index (χ2v) is 6.93. The van der Waals surface area contributed by atoms with Crippen molar-refractivity contribution in [2.24, 2.45) is 0 Å². The van der Waals surface area contributed by atoms with Crippen molar-refractivity contribution in [2.45, 2.75) is 12.8 Å². The van der Waals surface area contributed by atoms with Crippen LogP contribution in [0.15, 0.2) is 24.4 Å². The quantitative estimate of drug-likeness (QED) is 0.632. The molecular weight excluding hydrogens is 383 g/mol. The molecular formula is C17H15Cl3N4O. The third-order valence-corrected chi connectivity index (χ3v) is 5.07. The standard InChI is InChI=1S/C17H15Cl3N4O/c18-5-7-25-17-11(19)8-14-10(16(17)20)2-1-6-24(14)15-4-3-12-13(22-15)9-21-23-12/h3-4,8-9H,1-2,5-7H2,(H,21,23). The fourth-order valence-corrected chi connectivity index (χ4v) is 3.85. The molecule has 0 spiro atoms. The number of hydrogen-bond acceptors (Lipinski definition) is 4. The summed E-state index contributed by atoms with van der Waals surface area (Å²) < 4.78 is 5.63. The maximum atomic E-state index is 6.58. The molecule has 3 aromatic rings. The van der Waals surface area contributed by atoms with Gasteiger partial charge < -0.3 is 9.64 Å². The van der Waals surface area contributed by atoms with Crippen LogP contribution in [0.2, 0.25) is 10.0 Å². The molecule has 0 atom stereocenters. The molecule has 1 N–H and O–H groups in total. The van der Waals surface area contributed by atoms with Gasteiger partial charge in [0.1, 0.15) is 17.9 Å². The number of hydrogen-bond donors (Lipinski definition) is 1. The number of benzene rings is 1. The van der Waals surface area contributed by atoms with E-state index in [0.717, 1.165) is 47.5 Å². The third-order valence-electron chi connectivity index (χ3n) is 4.24. The zero-order valence-electron chi connectivity index (χ0n) is 13.2.